The van der Waals surface area contributed by atoms with Gasteiger partial charge in [0.05, 0.1) is 6.61 Å². The number of carbonyl (C=O) groups is 3. The number of ether oxygens (including phenoxy) is 4. The van der Waals surface area contributed by atoms with Crippen LogP contribution < -0.4 is 0 Å². The highest BCUT2D eigenvalue weighted by Crippen LogP contribution is 2.08. The molecule has 182 valence electrons. The third-order valence-corrected chi connectivity index (χ3v) is 4.18. The van der Waals surface area contributed by atoms with E-state index in [0.29, 0.717) is 6.61 Å². The molecule has 3 unspecified atom stereocenters. The molecule has 3 atom stereocenters. The highest BCUT2D eigenvalue weighted by Gasteiger charge is 2.32. The summed E-state index contributed by atoms with van der Waals surface area (Å²) in [6.07, 6.45) is -1.99. The van der Waals surface area contributed by atoms with Crippen LogP contribution in [0.15, 0.2) is 60.7 Å². The zero-order valence-electron chi connectivity index (χ0n) is 18.7. The first-order valence-electron chi connectivity index (χ1n) is 10.1. The Labute approximate surface area is 195 Å². The summed E-state index contributed by atoms with van der Waals surface area (Å²) in [5.74, 6) is -1.30. The average Bonchev–Trinajstić information content (AvgIpc) is 2.82. The minimum absolute atomic E-state index is 0. The molecule has 0 bridgehead atoms. The topological polar surface area (TPSA) is 108 Å². The van der Waals surface area contributed by atoms with Gasteiger partial charge in [-0.25, -0.2) is 14.4 Å². The second kappa shape index (κ2) is 16.4. The van der Waals surface area contributed by atoms with E-state index in [1.165, 1.54) is 21.0 Å². The first-order valence-corrected chi connectivity index (χ1v) is 10.1. The number of cyclic esters (lactones) is 2. The van der Waals surface area contributed by atoms with E-state index in [-0.39, 0.29) is 20.0 Å². The molecule has 3 rings (SSSR count). The Balaban J connectivity index is 0.000000477. The van der Waals surface area contributed by atoms with E-state index in [4.69, 9.17) is 14.6 Å². The molecule has 2 aromatic rings. The number of benzene rings is 2. The second-order valence-corrected chi connectivity index (χ2v) is 6.77. The van der Waals surface area contributed by atoms with Gasteiger partial charge in [-0.2, -0.15) is 0 Å². The molecule has 1 fully saturated rings. The van der Waals surface area contributed by atoms with Crippen LogP contribution in [-0.4, -0.2) is 48.4 Å². The van der Waals surface area contributed by atoms with E-state index >= 15 is 0 Å². The lowest BCUT2D eigenvalue weighted by molar-refractivity contribution is -0.191. The molecule has 0 aliphatic carbocycles. The molecule has 1 aliphatic rings. The highest BCUT2D eigenvalue weighted by molar-refractivity contribution is 5.86. The van der Waals surface area contributed by atoms with E-state index in [0.717, 1.165) is 11.1 Å². The maximum atomic E-state index is 11.2. The number of hydrogen-bond acceptors (Lipinski definition) is 8. The monoisotopic (exact) mass is 462 g/mol. The number of esters is 3. The van der Waals surface area contributed by atoms with Crippen LogP contribution in [0.5, 0.6) is 0 Å². The van der Waals surface area contributed by atoms with Gasteiger partial charge >= 0.3 is 17.9 Å². The van der Waals surface area contributed by atoms with Crippen molar-refractivity contribution < 1.29 is 38.4 Å². The van der Waals surface area contributed by atoms with Crippen LogP contribution in [-0.2, 0) is 46.5 Å². The number of carbonyl (C=O) groups excluding carboxylic acids is 3. The standard InChI is InChI=1S/C11H14O3.C7H8O.C6H8O4.CH4/c1-9(13-2)11(12)14-8-10-6-4-3-5-7-10;8-6-7-4-2-1-3-5-7;1-3-5(7)10-4(2)6(8)9-3;/h3-7,9H,8H2,1-2H3;1-5,8H,6H2;3-4H,1-2H3;1H4. The van der Waals surface area contributed by atoms with Gasteiger partial charge in [0, 0.05) is 7.11 Å². The van der Waals surface area contributed by atoms with Crippen molar-refractivity contribution in [2.45, 2.75) is 59.7 Å². The molecule has 2 aromatic carbocycles. The Morgan fingerprint density at radius 3 is 1.70 bits per heavy atom. The minimum Gasteiger partial charge on any atom is -0.459 e. The van der Waals surface area contributed by atoms with Crippen molar-refractivity contribution in [1.29, 1.82) is 0 Å². The Bertz CT molecular complexity index is 803. The van der Waals surface area contributed by atoms with Gasteiger partial charge in [-0.05, 0) is 31.9 Å². The van der Waals surface area contributed by atoms with Gasteiger partial charge < -0.3 is 24.1 Å². The van der Waals surface area contributed by atoms with Crippen LogP contribution >= 0.6 is 0 Å². The lowest BCUT2D eigenvalue weighted by Gasteiger charge is -2.22. The molecule has 1 aliphatic heterocycles. The molecule has 8 nitrogen and oxygen atoms in total. The number of rotatable bonds is 5. The third kappa shape index (κ3) is 11.8. The maximum absolute atomic E-state index is 11.2. The molecular weight excluding hydrogens is 428 g/mol. The summed E-state index contributed by atoms with van der Waals surface area (Å²) < 4.78 is 19.0. The first-order chi connectivity index (χ1) is 15.3. The van der Waals surface area contributed by atoms with Crippen molar-refractivity contribution in [2.75, 3.05) is 7.11 Å². The number of aliphatic hydroxyl groups excluding tert-OH is 1. The molecule has 0 saturated carbocycles. The first kappa shape index (κ1) is 29.8. The lowest BCUT2D eigenvalue weighted by atomic mass is 10.2. The molecule has 1 saturated heterocycles. The van der Waals surface area contributed by atoms with Gasteiger partial charge in [0.2, 0.25) is 0 Å². The van der Waals surface area contributed by atoms with Crippen LogP contribution in [0.25, 0.3) is 0 Å². The summed E-state index contributed by atoms with van der Waals surface area (Å²) in [5, 5.41) is 8.54. The summed E-state index contributed by atoms with van der Waals surface area (Å²) in [6, 6.07) is 19.1. The van der Waals surface area contributed by atoms with Gasteiger partial charge in [0.15, 0.2) is 18.3 Å². The fourth-order valence-electron chi connectivity index (χ4n) is 2.16. The Hall–Kier alpha value is -3.23. The summed E-state index contributed by atoms with van der Waals surface area (Å²) >= 11 is 0. The van der Waals surface area contributed by atoms with E-state index in [1.807, 2.05) is 60.7 Å². The zero-order chi connectivity index (χ0) is 23.9. The molecule has 0 amide bonds. The fourth-order valence-corrected chi connectivity index (χ4v) is 2.16. The number of aliphatic hydroxyl groups is 1. The molecular formula is C25H34O8. The fraction of sp³-hybridized carbons (Fsp3) is 0.400. The largest absolute Gasteiger partial charge is 0.459 e. The van der Waals surface area contributed by atoms with Gasteiger partial charge in [0.1, 0.15) is 6.61 Å². The minimum atomic E-state index is -0.747. The second-order valence-electron chi connectivity index (χ2n) is 6.77. The number of hydrogen-bond donors (Lipinski definition) is 1. The summed E-state index contributed by atoms with van der Waals surface area (Å²) in [5.41, 5.74) is 1.94. The van der Waals surface area contributed by atoms with Crippen molar-refractivity contribution in [3.05, 3.63) is 71.8 Å². The van der Waals surface area contributed by atoms with Gasteiger partial charge in [-0.1, -0.05) is 68.1 Å². The van der Waals surface area contributed by atoms with Gasteiger partial charge in [-0.3, -0.25) is 0 Å². The summed E-state index contributed by atoms with van der Waals surface area (Å²) in [6.45, 7) is 5.06. The van der Waals surface area contributed by atoms with Crippen LogP contribution in [0.2, 0.25) is 0 Å². The van der Waals surface area contributed by atoms with Crippen LogP contribution in [0.1, 0.15) is 39.3 Å². The molecule has 1 N–H and O–H groups in total. The van der Waals surface area contributed by atoms with Crippen molar-refractivity contribution >= 4 is 17.9 Å². The quantitative estimate of drug-likeness (QED) is 0.532. The zero-order valence-corrected chi connectivity index (χ0v) is 18.7. The predicted molar refractivity (Wildman–Crippen MR) is 123 cm³/mol. The molecule has 0 spiro atoms. The van der Waals surface area contributed by atoms with Crippen LogP contribution in [0.4, 0.5) is 0 Å². The molecule has 33 heavy (non-hydrogen) atoms. The van der Waals surface area contributed by atoms with E-state index in [2.05, 4.69) is 9.47 Å². The smallest absolute Gasteiger partial charge is 0.347 e. The van der Waals surface area contributed by atoms with Crippen LogP contribution in [0.3, 0.4) is 0 Å². The number of methoxy groups -OCH3 is 1. The maximum Gasteiger partial charge on any atom is 0.347 e. The Morgan fingerprint density at radius 1 is 0.909 bits per heavy atom. The Kier molecular flexibility index (Phi) is 14.8. The van der Waals surface area contributed by atoms with Crippen molar-refractivity contribution in [2.24, 2.45) is 0 Å². The predicted octanol–water partition coefficient (Wildman–Crippen LogP) is 3.44. The van der Waals surface area contributed by atoms with Gasteiger partial charge in [0.25, 0.3) is 0 Å². The highest BCUT2D eigenvalue weighted by atomic mass is 16.6. The van der Waals surface area contributed by atoms with Crippen molar-refractivity contribution in [3.8, 4) is 0 Å². The molecule has 1 heterocycles. The van der Waals surface area contributed by atoms with E-state index < -0.39 is 30.3 Å². The van der Waals surface area contributed by atoms with E-state index in [1.54, 1.807) is 6.92 Å². The van der Waals surface area contributed by atoms with Gasteiger partial charge in [-0.15, -0.1) is 0 Å². The summed E-state index contributed by atoms with van der Waals surface area (Å²) in [4.78, 5) is 32.5. The molecule has 0 aromatic heterocycles. The summed E-state index contributed by atoms with van der Waals surface area (Å²) in [7, 11) is 1.48. The van der Waals surface area contributed by atoms with Crippen molar-refractivity contribution in [1.82, 2.24) is 0 Å². The normalized spacial score (nSPS) is 17.4. The average molecular weight is 463 g/mol. The third-order valence-electron chi connectivity index (χ3n) is 4.18. The van der Waals surface area contributed by atoms with Crippen LogP contribution in [0, 0.1) is 0 Å². The van der Waals surface area contributed by atoms with Crippen molar-refractivity contribution in [3.63, 3.8) is 0 Å². The van der Waals surface area contributed by atoms with E-state index in [9.17, 15) is 14.4 Å². The Morgan fingerprint density at radius 2 is 1.33 bits per heavy atom. The lowest BCUT2D eigenvalue weighted by Crippen LogP contribution is -2.40. The molecule has 0 radical (unpaired) electrons. The SMILES string of the molecule is C.CC1OC(=O)C(C)OC1=O.COC(C)C(=O)OCc1ccccc1.OCc1ccccc1. The molecule has 8 heteroatoms.